The molecule has 26 heavy (non-hydrogen) atoms. The number of piperidine rings is 1. The van der Waals surface area contributed by atoms with Gasteiger partial charge in [0.15, 0.2) is 9.84 Å². The number of hydrogen-bond donors (Lipinski definition) is 0. The van der Waals surface area contributed by atoms with E-state index in [4.69, 9.17) is 4.52 Å². The fraction of sp³-hybridized carbons (Fsp3) is 0.400. The Balaban J connectivity index is 1.64. The number of hydrogen-bond acceptors (Lipinski definition) is 8. The van der Waals surface area contributed by atoms with Crippen LogP contribution in [0.4, 0.5) is 0 Å². The molecule has 0 saturated carbocycles. The minimum Gasteiger partial charge on any atom is -0.351 e. The van der Waals surface area contributed by atoms with E-state index in [0.29, 0.717) is 37.4 Å². The molecule has 1 fully saturated rings. The molecule has 0 unspecified atom stereocenters. The van der Waals surface area contributed by atoms with Crippen LogP contribution in [0.15, 0.2) is 34.2 Å². The Morgan fingerprint density at radius 2 is 2.04 bits per heavy atom. The first-order chi connectivity index (χ1) is 12.4. The number of aromatic nitrogens is 5. The lowest BCUT2D eigenvalue weighted by molar-refractivity contribution is 0.0669. The van der Waals surface area contributed by atoms with Crippen molar-refractivity contribution in [3.8, 4) is 0 Å². The van der Waals surface area contributed by atoms with Crippen molar-refractivity contribution in [2.45, 2.75) is 23.7 Å². The molecule has 0 atom stereocenters. The van der Waals surface area contributed by atoms with Gasteiger partial charge in [-0.05, 0) is 12.8 Å². The van der Waals surface area contributed by atoms with E-state index >= 15 is 0 Å². The van der Waals surface area contributed by atoms with Gasteiger partial charge >= 0.3 is 0 Å². The number of sulfone groups is 1. The number of carbonyl (C=O) groups is 1. The van der Waals surface area contributed by atoms with Gasteiger partial charge in [0.25, 0.3) is 11.7 Å². The summed E-state index contributed by atoms with van der Waals surface area (Å²) in [6.45, 7) is 0.956. The first-order valence-corrected chi connectivity index (χ1v) is 9.93. The molecule has 0 radical (unpaired) electrons. The summed E-state index contributed by atoms with van der Waals surface area (Å²) in [5.74, 6) is 0.256. The summed E-state index contributed by atoms with van der Waals surface area (Å²) >= 11 is 0. The zero-order valence-electron chi connectivity index (χ0n) is 13.9. The van der Waals surface area contributed by atoms with Crippen molar-refractivity contribution in [2.75, 3.05) is 19.3 Å². The van der Waals surface area contributed by atoms with Crippen LogP contribution in [0.3, 0.4) is 0 Å². The van der Waals surface area contributed by atoms with Gasteiger partial charge in [-0.1, -0.05) is 5.16 Å². The van der Waals surface area contributed by atoms with Gasteiger partial charge in [-0.2, -0.15) is 14.6 Å². The maximum atomic E-state index is 12.4. The van der Waals surface area contributed by atoms with Gasteiger partial charge in [-0.3, -0.25) is 4.79 Å². The molecule has 0 aromatic carbocycles. The van der Waals surface area contributed by atoms with Crippen LogP contribution in [0.25, 0.3) is 5.78 Å². The van der Waals surface area contributed by atoms with Gasteiger partial charge in [0, 0.05) is 31.3 Å². The molecule has 1 saturated heterocycles. The first-order valence-electron chi connectivity index (χ1n) is 8.04. The number of rotatable bonds is 3. The van der Waals surface area contributed by atoms with Crippen molar-refractivity contribution < 1.29 is 17.7 Å². The van der Waals surface area contributed by atoms with E-state index in [2.05, 4.69) is 20.2 Å². The monoisotopic (exact) mass is 376 g/mol. The summed E-state index contributed by atoms with van der Waals surface area (Å²) in [7, 11) is -3.47. The van der Waals surface area contributed by atoms with Gasteiger partial charge in [0.2, 0.25) is 5.76 Å². The highest BCUT2D eigenvalue weighted by molar-refractivity contribution is 7.90. The predicted molar refractivity (Wildman–Crippen MR) is 88.3 cm³/mol. The molecule has 4 rings (SSSR count). The van der Waals surface area contributed by atoms with Crippen molar-refractivity contribution in [1.82, 2.24) is 29.6 Å². The zero-order valence-corrected chi connectivity index (χ0v) is 14.8. The molecule has 1 amide bonds. The maximum Gasteiger partial charge on any atom is 0.292 e. The van der Waals surface area contributed by atoms with E-state index in [1.165, 1.54) is 29.3 Å². The molecule has 1 aliphatic heterocycles. The summed E-state index contributed by atoms with van der Waals surface area (Å²) in [6, 6.07) is 1.53. The molecule has 3 aromatic heterocycles. The maximum absolute atomic E-state index is 12.4. The third-order valence-corrected chi connectivity index (χ3v) is 5.64. The molecule has 1 aliphatic rings. The Labute approximate surface area is 148 Å². The van der Waals surface area contributed by atoms with Crippen molar-refractivity contribution in [3.05, 3.63) is 36.2 Å². The van der Waals surface area contributed by atoms with E-state index in [1.54, 1.807) is 4.90 Å². The molecular weight excluding hydrogens is 360 g/mol. The summed E-state index contributed by atoms with van der Waals surface area (Å²) < 4.78 is 30.8. The molecule has 3 aromatic rings. The largest absolute Gasteiger partial charge is 0.351 e. The van der Waals surface area contributed by atoms with E-state index in [-0.39, 0.29) is 22.5 Å². The van der Waals surface area contributed by atoms with Gasteiger partial charge in [-0.15, -0.1) is 0 Å². The van der Waals surface area contributed by atoms with Gasteiger partial charge in [0.05, 0.1) is 18.1 Å². The number of likely N-dealkylation sites (tertiary alicyclic amines) is 1. The molecule has 0 N–H and O–H groups in total. The summed E-state index contributed by atoms with van der Waals surface area (Å²) in [6.07, 6.45) is 6.46. The highest BCUT2D eigenvalue weighted by Crippen LogP contribution is 2.32. The molecule has 0 aliphatic carbocycles. The van der Waals surface area contributed by atoms with E-state index in [9.17, 15) is 13.2 Å². The average molecular weight is 376 g/mol. The molecular formula is C15H16N6O4S. The summed E-state index contributed by atoms with van der Waals surface area (Å²) in [5, 5.41) is 7.69. The SMILES string of the molecule is CS(=O)(=O)c1cnc2ncnn2c1C1CCN(C(=O)c2ccno2)CC1. The van der Waals surface area contributed by atoms with Crippen LogP contribution >= 0.6 is 0 Å². The van der Waals surface area contributed by atoms with Crippen LogP contribution in [0.2, 0.25) is 0 Å². The van der Waals surface area contributed by atoms with Crippen LogP contribution in [0.5, 0.6) is 0 Å². The summed E-state index contributed by atoms with van der Waals surface area (Å²) in [5.41, 5.74) is 0.571. The van der Waals surface area contributed by atoms with Gasteiger partial charge in [-0.25, -0.2) is 13.4 Å². The minimum absolute atomic E-state index is 0.0781. The van der Waals surface area contributed by atoms with Crippen LogP contribution in [0, 0.1) is 0 Å². The Morgan fingerprint density at radius 3 is 2.69 bits per heavy atom. The van der Waals surface area contributed by atoms with Crippen LogP contribution in [-0.2, 0) is 9.84 Å². The van der Waals surface area contributed by atoms with Crippen molar-refractivity contribution in [2.24, 2.45) is 0 Å². The lowest BCUT2D eigenvalue weighted by Crippen LogP contribution is -2.38. The molecule has 136 valence electrons. The zero-order chi connectivity index (χ0) is 18.3. The average Bonchev–Trinajstić information content (AvgIpc) is 3.31. The fourth-order valence-corrected chi connectivity index (χ4v) is 4.16. The number of fused-ring (bicyclic) bond motifs is 1. The lowest BCUT2D eigenvalue weighted by atomic mass is 9.93. The Morgan fingerprint density at radius 1 is 1.27 bits per heavy atom. The molecule has 10 nitrogen and oxygen atoms in total. The van der Waals surface area contributed by atoms with Gasteiger partial charge in [0.1, 0.15) is 11.2 Å². The van der Waals surface area contributed by atoms with E-state index < -0.39 is 9.84 Å². The number of amides is 1. The summed E-state index contributed by atoms with van der Waals surface area (Å²) in [4.78, 5) is 22.3. The minimum atomic E-state index is -3.47. The molecule has 0 spiro atoms. The Kier molecular flexibility index (Phi) is 3.94. The predicted octanol–water partition coefficient (Wildman–Crippen LogP) is 0.536. The normalized spacial score (nSPS) is 16.3. The van der Waals surface area contributed by atoms with Crippen molar-refractivity contribution in [3.63, 3.8) is 0 Å². The topological polar surface area (TPSA) is 124 Å². The van der Waals surface area contributed by atoms with Crippen molar-refractivity contribution >= 4 is 21.5 Å². The fourth-order valence-electron chi connectivity index (χ4n) is 3.28. The van der Waals surface area contributed by atoms with E-state index in [1.807, 2.05) is 0 Å². The Bertz CT molecular complexity index is 1050. The first kappa shape index (κ1) is 16.6. The van der Waals surface area contributed by atoms with Gasteiger partial charge < -0.3 is 9.42 Å². The number of nitrogens with zero attached hydrogens (tertiary/aromatic N) is 6. The van der Waals surface area contributed by atoms with Crippen molar-refractivity contribution in [1.29, 1.82) is 0 Å². The number of carbonyl (C=O) groups excluding carboxylic acids is 1. The smallest absolute Gasteiger partial charge is 0.292 e. The van der Waals surface area contributed by atoms with Crippen LogP contribution in [0.1, 0.15) is 35.0 Å². The third-order valence-electron chi connectivity index (χ3n) is 4.52. The third kappa shape index (κ3) is 2.83. The van der Waals surface area contributed by atoms with E-state index in [0.717, 1.165) is 6.26 Å². The quantitative estimate of drug-likeness (QED) is 0.649. The lowest BCUT2D eigenvalue weighted by Gasteiger charge is -2.32. The highest BCUT2D eigenvalue weighted by Gasteiger charge is 2.31. The second kappa shape index (κ2) is 6.16. The Hall–Kier alpha value is -2.82. The molecule has 4 heterocycles. The standard InChI is InChI=1S/C15H16N6O4S/c1-26(23,24)12-8-16-15-17-9-18-21(15)13(12)10-3-6-20(7-4-10)14(22)11-2-5-19-25-11/h2,5,8-10H,3-4,6-7H2,1H3. The van der Waals surface area contributed by atoms with Crippen LogP contribution < -0.4 is 0 Å². The molecule has 11 heteroatoms. The van der Waals surface area contributed by atoms with Crippen LogP contribution in [-0.4, -0.2) is 63.3 Å². The second-order valence-corrected chi connectivity index (χ2v) is 8.18. The molecule has 0 bridgehead atoms. The second-order valence-electron chi connectivity index (χ2n) is 6.19. The highest BCUT2D eigenvalue weighted by atomic mass is 32.2.